The van der Waals surface area contributed by atoms with Crippen LogP contribution in [0.4, 0.5) is 11.4 Å². The molecule has 0 saturated heterocycles. The summed E-state index contributed by atoms with van der Waals surface area (Å²) < 4.78 is 28.4. The standard InChI is InChI=1S/C15H19N5O3S/c1-11-15(21)18-13-5-3-4-6-14(13)20(11)8-7-17-24(22,23)12-9-16-19(2)10-12/h3-6,9-11,17H,7-8H2,1-2H3,(H,18,21)/t11-/m0/s1. The quantitative estimate of drug-likeness (QED) is 0.822. The summed E-state index contributed by atoms with van der Waals surface area (Å²) in [5.74, 6) is -0.108. The minimum Gasteiger partial charge on any atom is -0.357 e. The fourth-order valence-electron chi connectivity index (χ4n) is 2.65. The zero-order valence-corrected chi connectivity index (χ0v) is 14.2. The summed E-state index contributed by atoms with van der Waals surface area (Å²) in [5, 5.41) is 6.71. The lowest BCUT2D eigenvalue weighted by Crippen LogP contribution is -2.48. The Morgan fingerprint density at radius 2 is 2.08 bits per heavy atom. The number of hydrogen-bond donors (Lipinski definition) is 2. The molecule has 1 aromatic carbocycles. The molecule has 0 bridgehead atoms. The van der Waals surface area contributed by atoms with Gasteiger partial charge in [-0.15, -0.1) is 0 Å². The number of anilines is 2. The zero-order chi connectivity index (χ0) is 17.3. The van der Waals surface area contributed by atoms with Gasteiger partial charge in [-0.3, -0.25) is 9.48 Å². The Bertz CT molecular complexity index is 861. The van der Waals surface area contributed by atoms with Crippen LogP contribution >= 0.6 is 0 Å². The maximum Gasteiger partial charge on any atom is 0.246 e. The number of sulfonamides is 1. The van der Waals surface area contributed by atoms with Gasteiger partial charge in [-0.2, -0.15) is 5.10 Å². The third kappa shape index (κ3) is 3.13. The van der Waals surface area contributed by atoms with E-state index in [0.717, 1.165) is 11.4 Å². The second kappa shape index (κ2) is 6.25. The highest BCUT2D eigenvalue weighted by molar-refractivity contribution is 7.89. The number of benzene rings is 1. The Kier molecular flexibility index (Phi) is 4.29. The molecule has 0 fully saturated rings. The van der Waals surface area contributed by atoms with Gasteiger partial charge in [0.15, 0.2) is 0 Å². The van der Waals surface area contributed by atoms with Crippen molar-refractivity contribution in [2.24, 2.45) is 7.05 Å². The van der Waals surface area contributed by atoms with E-state index in [1.165, 1.54) is 17.1 Å². The Balaban J connectivity index is 1.71. The molecule has 1 aliphatic heterocycles. The van der Waals surface area contributed by atoms with E-state index < -0.39 is 10.0 Å². The Morgan fingerprint density at radius 3 is 2.79 bits per heavy atom. The minimum absolute atomic E-state index is 0.108. The molecule has 2 N–H and O–H groups in total. The molecule has 0 aliphatic carbocycles. The first kappa shape index (κ1) is 16.5. The van der Waals surface area contributed by atoms with Crippen LogP contribution < -0.4 is 14.9 Å². The third-order valence-electron chi connectivity index (χ3n) is 3.95. The van der Waals surface area contributed by atoms with Crippen LogP contribution in [0.15, 0.2) is 41.6 Å². The Morgan fingerprint density at radius 1 is 1.33 bits per heavy atom. The van der Waals surface area contributed by atoms with Gasteiger partial charge >= 0.3 is 0 Å². The molecule has 1 aliphatic rings. The van der Waals surface area contributed by atoms with E-state index in [0.29, 0.717) is 6.54 Å². The van der Waals surface area contributed by atoms with E-state index in [9.17, 15) is 13.2 Å². The number of nitrogens with zero attached hydrogens (tertiary/aromatic N) is 3. The average Bonchev–Trinajstić information content (AvgIpc) is 2.98. The number of aryl methyl sites for hydroxylation is 1. The normalized spacial score (nSPS) is 17.5. The number of amides is 1. The smallest absolute Gasteiger partial charge is 0.246 e. The molecule has 1 amide bonds. The fourth-order valence-corrected chi connectivity index (χ4v) is 3.66. The summed E-state index contributed by atoms with van der Waals surface area (Å²) in [6.07, 6.45) is 2.74. The number of para-hydroxylation sites is 2. The number of carbonyl (C=O) groups is 1. The van der Waals surface area contributed by atoms with Crippen LogP contribution in [0.2, 0.25) is 0 Å². The van der Waals surface area contributed by atoms with Crippen molar-refractivity contribution in [1.82, 2.24) is 14.5 Å². The molecule has 3 rings (SSSR count). The van der Waals surface area contributed by atoms with Crippen LogP contribution in [0.25, 0.3) is 0 Å². The molecule has 24 heavy (non-hydrogen) atoms. The van der Waals surface area contributed by atoms with Crippen molar-refractivity contribution in [3.63, 3.8) is 0 Å². The summed E-state index contributed by atoms with van der Waals surface area (Å²) in [7, 11) is -1.95. The zero-order valence-electron chi connectivity index (χ0n) is 13.4. The van der Waals surface area contributed by atoms with Crippen molar-refractivity contribution in [3.8, 4) is 0 Å². The van der Waals surface area contributed by atoms with Crippen LogP contribution in [-0.2, 0) is 21.9 Å². The lowest BCUT2D eigenvalue weighted by molar-refractivity contribution is -0.117. The molecule has 0 unspecified atom stereocenters. The summed E-state index contributed by atoms with van der Waals surface area (Å²) in [6.45, 7) is 2.36. The molecule has 9 heteroatoms. The highest BCUT2D eigenvalue weighted by atomic mass is 32.2. The molecule has 0 saturated carbocycles. The predicted octanol–water partition coefficient (Wildman–Crippen LogP) is 0.546. The highest BCUT2D eigenvalue weighted by Crippen LogP contribution is 2.31. The van der Waals surface area contributed by atoms with Gasteiger partial charge in [-0.1, -0.05) is 12.1 Å². The third-order valence-corrected chi connectivity index (χ3v) is 5.37. The number of fused-ring (bicyclic) bond motifs is 1. The lowest BCUT2D eigenvalue weighted by Gasteiger charge is -2.36. The van der Waals surface area contributed by atoms with Crippen molar-refractivity contribution >= 4 is 27.3 Å². The van der Waals surface area contributed by atoms with E-state index in [4.69, 9.17) is 0 Å². The van der Waals surface area contributed by atoms with E-state index in [2.05, 4.69) is 15.1 Å². The highest BCUT2D eigenvalue weighted by Gasteiger charge is 2.29. The van der Waals surface area contributed by atoms with Gasteiger partial charge in [0.2, 0.25) is 15.9 Å². The minimum atomic E-state index is -3.61. The Hall–Kier alpha value is -2.39. The van der Waals surface area contributed by atoms with Crippen LogP contribution in [-0.4, -0.2) is 43.2 Å². The van der Waals surface area contributed by atoms with Crippen molar-refractivity contribution in [2.75, 3.05) is 23.3 Å². The number of carbonyl (C=O) groups excluding carboxylic acids is 1. The first-order valence-corrected chi connectivity index (χ1v) is 9.01. The first-order chi connectivity index (χ1) is 11.4. The predicted molar refractivity (Wildman–Crippen MR) is 90.3 cm³/mol. The van der Waals surface area contributed by atoms with Crippen LogP contribution in [0.5, 0.6) is 0 Å². The molecule has 128 valence electrons. The molecule has 0 spiro atoms. The molecule has 0 radical (unpaired) electrons. The summed E-state index contributed by atoms with van der Waals surface area (Å²) >= 11 is 0. The van der Waals surface area contributed by atoms with E-state index >= 15 is 0 Å². The second-order valence-electron chi connectivity index (χ2n) is 5.62. The molecule has 1 atom stereocenters. The van der Waals surface area contributed by atoms with E-state index in [-0.39, 0.29) is 23.4 Å². The van der Waals surface area contributed by atoms with Gasteiger partial charge < -0.3 is 10.2 Å². The van der Waals surface area contributed by atoms with Gasteiger partial charge in [0.1, 0.15) is 10.9 Å². The van der Waals surface area contributed by atoms with Gasteiger partial charge in [-0.05, 0) is 19.1 Å². The molecule has 2 aromatic rings. The van der Waals surface area contributed by atoms with Crippen LogP contribution in [0.1, 0.15) is 6.92 Å². The fraction of sp³-hybridized carbons (Fsp3) is 0.333. The summed E-state index contributed by atoms with van der Waals surface area (Å²) in [4.78, 5) is 14.1. The van der Waals surface area contributed by atoms with Crippen LogP contribution in [0.3, 0.4) is 0 Å². The monoisotopic (exact) mass is 349 g/mol. The van der Waals surface area contributed by atoms with Crippen molar-refractivity contribution in [1.29, 1.82) is 0 Å². The number of rotatable bonds is 5. The van der Waals surface area contributed by atoms with Crippen molar-refractivity contribution < 1.29 is 13.2 Å². The van der Waals surface area contributed by atoms with Crippen molar-refractivity contribution in [3.05, 3.63) is 36.7 Å². The van der Waals surface area contributed by atoms with Gasteiger partial charge in [0.25, 0.3) is 0 Å². The average molecular weight is 349 g/mol. The molecule has 8 nitrogen and oxygen atoms in total. The second-order valence-corrected chi connectivity index (χ2v) is 7.39. The van der Waals surface area contributed by atoms with Gasteiger partial charge in [0, 0.05) is 26.3 Å². The SMILES string of the molecule is C[C@H]1C(=O)Nc2ccccc2N1CCNS(=O)(=O)c1cnn(C)c1. The molecular weight excluding hydrogens is 330 g/mol. The topological polar surface area (TPSA) is 96.3 Å². The molecule has 2 heterocycles. The molecular formula is C15H19N5O3S. The maximum absolute atomic E-state index is 12.2. The van der Waals surface area contributed by atoms with E-state index in [1.807, 2.05) is 29.2 Å². The summed E-state index contributed by atoms with van der Waals surface area (Å²) in [5.41, 5.74) is 1.61. The van der Waals surface area contributed by atoms with Crippen molar-refractivity contribution in [2.45, 2.75) is 17.9 Å². The number of aromatic nitrogens is 2. The first-order valence-electron chi connectivity index (χ1n) is 7.53. The number of hydrogen-bond acceptors (Lipinski definition) is 5. The number of nitrogens with one attached hydrogen (secondary N) is 2. The van der Waals surface area contributed by atoms with Gasteiger partial charge in [-0.25, -0.2) is 13.1 Å². The molecule has 1 aromatic heterocycles. The van der Waals surface area contributed by atoms with Gasteiger partial charge in [0.05, 0.1) is 17.6 Å². The lowest BCUT2D eigenvalue weighted by atomic mass is 10.1. The van der Waals surface area contributed by atoms with E-state index in [1.54, 1.807) is 14.0 Å². The Labute approximate surface area is 140 Å². The van der Waals surface area contributed by atoms with Crippen LogP contribution in [0, 0.1) is 0 Å². The maximum atomic E-state index is 12.2. The summed E-state index contributed by atoms with van der Waals surface area (Å²) in [6, 6.07) is 7.09. The largest absolute Gasteiger partial charge is 0.357 e.